The fourth-order valence-corrected chi connectivity index (χ4v) is 3.78. The molecule has 6 nitrogen and oxygen atoms in total. The number of nitrogens with one attached hydrogen (secondary N) is 1. The monoisotopic (exact) mass is 378 g/mol. The molecule has 6 heteroatoms. The molecule has 1 saturated carbocycles. The van der Waals surface area contributed by atoms with Crippen molar-refractivity contribution in [1.82, 2.24) is 4.90 Å². The second kappa shape index (κ2) is 6.86. The first-order chi connectivity index (χ1) is 13.7. The van der Waals surface area contributed by atoms with Gasteiger partial charge in [0.05, 0.1) is 0 Å². The fraction of sp³-hybridized carbons (Fsp3) is 0.364. The zero-order chi connectivity index (χ0) is 19.1. The molecule has 1 N–H and O–H groups in total. The summed E-state index contributed by atoms with van der Waals surface area (Å²) in [4.78, 5) is 26.9. The maximum Gasteiger partial charge on any atom is 0.269 e. The lowest BCUT2D eigenvalue weighted by molar-refractivity contribution is -0.133. The smallest absolute Gasteiger partial charge is 0.269 e. The van der Waals surface area contributed by atoms with Crippen molar-refractivity contribution in [2.75, 3.05) is 18.5 Å². The number of hydrogen-bond acceptors (Lipinski definition) is 4. The molecule has 1 unspecified atom stereocenters. The lowest BCUT2D eigenvalue weighted by atomic mass is 9.98. The predicted octanol–water partition coefficient (Wildman–Crippen LogP) is 2.76. The van der Waals surface area contributed by atoms with Gasteiger partial charge in [0.15, 0.2) is 11.5 Å². The van der Waals surface area contributed by atoms with Gasteiger partial charge in [-0.05, 0) is 54.7 Å². The van der Waals surface area contributed by atoms with E-state index >= 15 is 0 Å². The number of carbonyl (C=O) groups excluding carboxylic acids is 2. The Hall–Kier alpha value is -3.02. The van der Waals surface area contributed by atoms with Crippen molar-refractivity contribution in [3.05, 3.63) is 53.6 Å². The fourth-order valence-electron chi connectivity index (χ4n) is 3.78. The Morgan fingerprint density at radius 1 is 1.04 bits per heavy atom. The summed E-state index contributed by atoms with van der Waals surface area (Å²) >= 11 is 0. The zero-order valence-electron chi connectivity index (χ0n) is 15.5. The Morgan fingerprint density at radius 2 is 1.86 bits per heavy atom. The molecule has 2 aromatic carbocycles. The minimum Gasteiger partial charge on any atom is -0.485 e. The molecule has 0 radical (unpaired) electrons. The van der Waals surface area contributed by atoms with Gasteiger partial charge < -0.3 is 19.7 Å². The van der Waals surface area contributed by atoms with Crippen LogP contribution in [0.15, 0.2) is 42.5 Å². The lowest BCUT2D eigenvalue weighted by Crippen LogP contribution is -2.40. The molecule has 144 valence electrons. The Kier molecular flexibility index (Phi) is 4.19. The minimum absolute atomic E-state index is 0.178. The molecule has 1 fully saturated rings. The van der Waals surface area contributed by atoms with Gasteiger partial charge in [0, 0.05) is 24.7 Å². The third kappa shape index (κ3) is 3.30. The van der Waals surface area contributed by atoms with Crippen LogP contribution in [0.25, 0.3) is 0 Å². The van der Waals surface area contributed by atoms with Crippen molar-refractivity contribution in [1.29, 1.82) is 0 Å². The van der Waals surface area contributed by atoms with E-state index < -0.39 is 6.10 Å². The first-order valence-corrected chi connectivity index (χ1v) is 9.77. The van der Waals surface area contributed by atoms with Crippen molar-refractivity contribution >= 4 is 17.5 Å². The Morgan fingerprint density at radius 3 is 2.68 bits per heavy atom. The van der Waals surface area contributed by atoms with Crippen LogP contribution in [-0.4, -0.2) is 36.0 Å². The summed E-state index contributed by atoms with van der Waals surface area (Å²) < 4.78 is 11.4. The van der Waals surface area contributed by atoms with E-state index in [2.05, 4.69) is 5.32 Å². The second-order valence-electron chi connectivity index (χ2n) is 7.62. The predicted molar refractivity (Wildman–Crippen MR) is 103 cm³/mol. The number of nitrogens with zero attached hydrogens (tertiary/aromatic N) is 1. The van der Waals surface area contributed by atoms with E-state index in [1.54, 1.807) is 6.07 Å². The minimum atomic E-state index is -0.695. The maximum absolute atomic E-state index is 12.6. The highest BCUT2D eigenvalue weighted by atomic mass is 16.6. The number of carbonyl (C=O) groups is 2. The van der Waals surface area contributed by atoms with Crippen LogP contribution in [0.3, 0.4) is 0 Å². The largest absolute Gasteiger partial charge is 0.485 e. The summed E-state index contributed by atoms with van der Waals surface area (Å²) in [6.45, 7) is 1.57. The van der Waals surface area contributed by atoms with Crippen LogP contribution in [0.2, 0.25) is 0 Å². The van der Waals surface area contributed by atoms with Crippen LogP contribution in [0.1, 0.15) is 24.0 Å². The number of fused-ring (bicyclic) bond motifs is 2. The highest BCUT2D eigenvalue weighted by molar-refractivity contribution is 5.95. The molecule has 28 heavy (non-hydrogen) atoms. The number of ether oxygens (including phenoxy) is 2. The van der Waals surface area contributed by atoms with Gasteiger partial charge in [0.25, 0.3) is 5.91 Å². The standard InChI is InChI=1S/C22H22N2O4/c25-21(20-13-27-18-3-1-2-4-19(18)28-20)23-17-8-7-14-9-10-24(12-16(14)11-17)22(26)15-5-6-15/h1-4,7-8,11,15,20H,5-6,9-10,12-13H2,(H,23,25). The molecule has 2 heterocycles. The van der Waals surface area contributed by atoms with Gasteiger partial charge in [-0.3, -0.25) is 9.59 Å². The van der Waals surface area contributed by atoms with E-state index in [1.807, 2.05) is 41.3 Å². The third-order valence-corrected chi connectivity index (χ3v) is 5.53. The molecular formula is C22H22N2O4. The summed E-state index contributed by atoms with van der Waals surface area (Å²) in [5, 5.41) is 2.92. The van der Waals surface area contributed by atoms with Gasteiger partial charge >= 0.3 is 0 Å². The van der Waals surface area contributed by atoms with E-state index in [0.29, 0.717) is 23.7 Å². The molecular weight excluding hydrogens is 356 g/mol. The van der Waals surface area contributed by atoms with Crippen LogP contribution in [-0.2, 0) is 22.6 Å². The van der Waals surface area contributed by atoms with Gasteiger partial charge in [0.1, 0.15) is 6.61 Å². The van der Waals surface area contributed by atoms with Crippen molar-refractivity contribution < 1.29 is 19.1 Å². The normalized spacial score (nSPS) is 20.3. The first kappa shape index (κ1) is 17.1. The summed E-state index contributed by atoms with van der Waals surface area (Å²) in [6.07, 6.45) is 2.20. The quantitative estimate of drug-likeness (QED) is 0.892. The summed E-state index contributed by atoms with van der Waals surface area (Å²) in [5.74, 6) is 1.49. The van der Waals surface area contributed by atoms with Gasteiger partial charge in [-0.25, -0.2) is 0 Å². The average molecular weight is 378 g/mol. The molecule has 1 aliphatic carbocycles. The van der Waals surface area contributed by atoms with Crippen molar-refractivity contribution in [2.45, 2.75) is 31.9 Å². The molecule has 3 aliphatic rings. The third-order valence-electron chi connectivity index (χ3n) is 5.53. The van der Waals surface area contributed by atoms with Crippen LogP contribution in [0.5, 0.6) is 11.5 Å². The lowest BCUT2D eigenvalue weighted by Gasteiger charge is -2.29. The molecule has 0 spiro atoms. The molecule has 0 bridgehead atoms. The summed E-state index contributed by atoms with van der Waals surface area (Å²) in [5.41, 5.74) is 3.06. The summed E-state index contributed by atoms with van der Waals surface area (Å²) in [6, 6.07) is 13.2. The summed E-state index contributed by atoms with van der Waals surface area (Å²) in [7, 11) is 0. The van der Waals surface area contributed by atoms with E-state index in [-0.39, 0.29) is 24.3 Å². The van der Waals surface area contributed by atoms with Crippen molar-refractivity contribution in [3.8, 4) is 11.5 Å². The molecule has 2 aliphatic heterocycles. The number of amides is 2. The molecule has 2 amide bonds. The molecule has 0 saturated heterocycles. The molecule has 2 aromatic rings. The maximum atomic E-state index is 12.6. The topological polar surface area (TPSA) is 67.9 Å². The highest BCUT2D eigenvalue weighted by Gasteiger charge is 2.34. The first-order valence-electron chi connectivity index (χ1n) is 9.77. The van der Waals surface area contributed by atoms with Crippen LogP contribution in [0.4, 0.5) is 5.69 Å². The SMILES string of the molecule is O=C(Nc1ccc2c(c1)CN(C(=O)C1CC1)CC2)C1COc2ccccc2O1. The zero-order valence-corrected chi connectivity index (χ0v) is 15.5. The van der Waals surface area contributed by atoms with E-state index in [4.69, 9.17) is 9.47 Å². The van der Waals surface area contributed by atoms with Crippen molar-refractivity contribution in [3.63, 3.8) is 0 Å². The average Bonchev–Trinajstić information content (AvgIpc) is 3.57. The van der Waals surface area contributed by atoms with E-state index in [0.717, 1.165) is 31.4 Å². The van der Waals surface area contributed by atoms with Gasteiger partial charge in [0.2, 0.25) is 12.0 Å². The Balaban J connectivity index is 1.27. The van der Waals surface area contributed by atoms with Crippen LogP contribution < -0.4 is 14.8 Å². The number of rotatable bonds is 3. The van der Waals surface area contributed by atoms with Gasteiger partial charge in [-0.1, -0.05) is 18.2 Å². The van der Waals surface area contributed by atoms with Crippen LogP contribution in [0, 0.1) is 5.92 Å². The Bertz CT molecular complexity index is 938. The van der Waals surface area contributed by atoms with E-state index in [1.165, 1.54) is 5.56 Å². The van der Waals surface area contributed by atoms with E-state index in [9.17, 15) is 9.59 Å². The number of benzene rings is 2. The highest BCUT2D eigenvalue weighted by Crippen LogP contribution is 2.34. The molecule has 0 aromatic heterocycles. The van der Waals surface area contributed by atoms with Crippen LogP contribution >= 0.6 is 0 Å². The number of anilines is 1. The molecule has 5 rings (SSSR count). The van der Waals surface area contributed by atoms with Gasteiger partial charge in [-0.2, -0.15) is 0 Å². The Labute approximate surface area is 163 Å². The van der Waals surface area contributed by atoms with Gasteiger partial charge in [-0.15, -0.1) is 0 Å². The molecule has 1 atom stereocenters. The second-order valence-corrected chi connectivity index (χ2v) is 7.62. The number of hydrogen-bond donors (Lipinski definition) is 1. The number of para-hydroxylation sites is 2. The van der Waals surface area contributed by atoms with Crippen molar-refractivity contribution in [2.24, 2.45) is 5.92 Å².